The Morgan fingerprint density at radius 1 is 1.06 bits per heavy atom. The summed E-state index contributed by atoms with van der Waals surface area (Å²) in [5.41, 5.74) is 0. The van der Waals surface area contributed by atoms with E-state index in [9.17, 15) is 9.59 Å². The first kappa shape index (κ1) is 14.9. The number of nitrogens with zero attached hydrogens (tertiary/aromatic N) is 2. The molecule has 16 heavy (non-hydrogen) atoms. The fourth-order valence-corrected chi connectivity index (χ4v) is 1.39. The molecule has 0 aliphatic rings. The van der Waals surface area contributed by atoms with Crippen LogP contribution < -0.4 is 0 Å². The van der Waals surface area contributed by atoms with Crippen LogP contribution in [0.5, 0.6) is 0 Å². The van der Waals surface area contributed by atoms with Crippen LogP contribution in [-0.4, -0.2) is 61.5 Å². The fourth-order valence-electron chi connectivity index (χ4n) is 1.39. The van der Waals surface area contributed by atoms with Crippen molar-refractivity contribution in [3.05, 3.63) is 0 Å². The van der Waals surface area contributed by atoms with E-state index in [2.05, 4.69) is 0 Å². The lowest BCUT2D eigenvalue weighted by Crippen LogP contribution is -2.40. The molecule has 0 aliphatic heterocycles. The van der Waals surface area contributed by atoms with E-state index >= 15 is 0 Å². The molecule has 5 heteroatoms. The summed E-state index contributed by atoms with van der Waals surface area (Å²) in [4.78, 5) is 26.2. The molecule has 94 valence electrons. The van der Waals surface area contributed by atoms with Crippen LogP contribution in [0.2, 0.25) is 0 Å². The second-order valence-corrected chi connectivity index (χ2v) is 3.54. The number of hydrogen-bond acceptors (Lipinski definition) is 4. The first-order valence-electron chi connectivity index (χ1n) is 5.67. The van der Waals surface area contributed by atoms with Crippen molar-refractivity contribution in [3.63, 3.8) is 0 Å². The topological polar surface area (TPSA) is 49.9 Å². The van der Waals surface area contributed by atoms with Crippen LogP contribution in [0.15, 0.2) is 0 Å². The summed E-state index contributed by atoms with van der Waals surface area (Å²) in [5.74, 6) is -0.255. The second kappa shape index (κ2) is 8.10. The first-order valence-corrected chi connectivity index (χ1v) is 5.67. The minimum atomic E-state index is -0.294. The van der Waals surface area contributed by atoms with Gasteiger partial charge in [0.05, 0.1) is 19.7 Å². The predicted octanol–water partition coefficient (Wildman–Crippen LogP) is 0.350. The predicted molar refractivity (Wildman–Crippen MR) is 62.1 cm³/mol. The van der Waals surface area contributed by atoms with Gasteiger partial charge in [-0.1, -0.05) is 0 Å². The van der Waals surface area contributed by atoms with E-state index in [0.29, 0.717) is 19.7 Å². The Hall–Kier alpha value is -1.10. The second-order valence-electron chi connectivity index (χ2n) is 3.54. The average molecular weight is 230 g/mol. The van der Waals surface area contributed by atoms with Gasteiger partial charge in [0.25, 0.3) is 0 Å². The largest absolute Gasteiger partial charge is 0.465 e. The number of likely N-dealkylation sites (N-methyl/N-ethyl adjacent to an activating group) is 2. The minimum Gasteiger partial charge on any atom is -0.465 e. The molecular formula is C11H22N2O3. The zero-order valence-electron chi connectivity index (χ0n) is 10.7. The monoisotopic (exact) mass is 230 g/mol. The van der Waals surface area contributed by atoms with Crippen molar-refractivity contribution in [2.24, 2.45) is 0 Å². The molecule has 0 rings (SSSR count). The molecule has 5 nitrogen and oxygen atoms in total. The quantitative estimate of drug-likeness (QED) is 0.592. The van der Waals surface area contributed by atoms with Crippen molar-refractivity contribution in [3.8, 4) is 0 Å². The zero-order valence-corrected chi connectivity index (χ0v) is 10.7. The van der Waals surface area contributed by atoms with Crippen molar-refractivity contribution < 1.29 is 14.3 Å². The summed E-state index contributed by atoms with van der Waals surface area (Å²) in [6.07, 6.45) is 0. The van der Waals surface area contributed by atoms with Crippen molar-refractivity contribution in [2.75, 3.05) is 39.8 Å². The number of esters is 1. The van der Waals surface area contributed by atoms with Gasteiger partial charge < -0.3 is 9.64 Å². The first-order chi connectivity index (χ1) is 7.54. The molecule has 0 aromatic carbocycles. The fraction of sp³-hybridized carbons (Fsp3) is 0.818. The highest BCUT2D eigenvalue weighted by Crippen LogP contribution is 1.93. The zero-order chi connectivity index (χ0) is 12.6. The standard InChI is InChI=1S/C11H22N2O3/c1-5-13(6-2)10(14)8-12(4)9-11(15)16-7-3/h5-9H2,1-4H3. The van der Waals surface area contributed by atoms with E-state index < -0.39 is 0 Å². The number of ether oxygens (including phenoxy) is 1. The smallest absolute Gasteiger partial charge is 0.320 e. The molecule has 0 atom stereocenters. The summed E-state index contributed by atoms with van der Waals surface area (Å²) < 4.78 is 4.80. The van der Waals surface area contributed by atoms with Crippen LogP contribution in [0, 0.1) is 0 Å². The Kier molecular flexibility index (Phi) is 7.54. The summed E-state index contributed by atoms with van der Waals surface area (Å²) in [6.45, 7) is 7.81. The van der Waals surface area contributed by atoms with Crippen molar-refractivity contribution >= 4 is 11.9 Å². The van der Waals surface area contributed by atoms with Gasteiger partial charge in [0.2, 0.25) is 5.91 Å². The minimum absolute atomic E-state index is 0.0387. The van der Waals surface area contributed by atoms with Crippen LogP contribution in [0.4, 0.5) is 0 Å². The van der Waals surface area contributed by atoms with Crippen molar-refractivity contribution in [1.29, 1.82) is 0 Å². The van der Waals surface area contributed by atoms with Crippen molar-refractivity contribution in [1.82, 2.24) is 9.80 Å². The molecule has 0 heterocycles. The Bertz CT molecular complexity index is 227. The Morgan fingerprint density at radius 2 is 1.62 bits per heavy atom. The van der Waals surface area contributed by atoms with Crippen molar-refractivity contribution in [2.45, 2.75) is 20.8 Å². The van der Waals surface area contributed by atoms with E-state index in [1.54, 1.807) is 23.8 Å². The van der Waals surface area contributed by atoms with Gasteiger partial charge in [-0.25, -0.2) is 0 Å². The van der Waals surface area contributed by atoms with Gasteiger partial charge >= 0.3 is 5.97 Å². The summed E-state index contributed by atoms with van der Waals surface area (Å²) in [5, 5.41) is 0. The Balaban J connectivity index is 3.99. The summed E-state index contributed by atoms with van der Waals surface area (Å²) in [7, 11) is 1.73. The van der Waals surface area contributed by atoms with E-state index in [-0.39, 0.29) is 25.0 Å². The third-order valence-electron chi connectivity index (χ3n) is 2.23. The molecule has 0 aromatic rings. The maximum Gasteiger partial charge on any atom is 0.320 e. The number of amides is 1. The normalized spacial score (nSPS) is 10.3. The number of hydrogen-bond donors (Lipinski definition) is 0. The lowest BCUT2D eigenvalue weighted by atomic mass is 10.4. The molecule has 0 spiro atoms. The molecule has 0 N–H and O–H groups in total. The van der Waals surface area contributed by atoms with Gasteiger partial charge in [-0.15, -0.1) is 0 Å². The molecule has 0 unspecified atom stereocenters. The third-order valence-corrected chi connectivity index (χ3v) is 2.23. The average Bonchev–Trinajstić information content (AvgIpc) is 2.19. The molecular weight excluding hydrogens is 208 g/mol. The van der Waals surface area contributed by atoms with E-state index in [1.807, 2.05) is 13.8 Å². The Labute approximate surface area is 97.3 Å². The maximum absolute atomic E-state index is 11.7. The van der Waals surface area contributed by atoms with Crippen LogP contribution in [-0.2, 0) is 14.3 Å². The molecule has 0 saturated heterocycles. The molecule has 0 aliphatic carbocycles. The molecule has 0 fully saturated rings. The maximum atomic E-state index is 11.7. The third kappa shape index (κ3) is 5.70. The van der Waals surface area contributed by atoms with E-state index in [1.165, 1.54) is 0 Å². The summed E-state index contributed by atoms with van der Waals surface area (Å²) >= 11 is 0. The highest BCUT2D eigenvalue weighted by atomic mass is 16.5. The molecule has 1 amide bonds. The van der Waals surface area contributed by atoms with E-state index in [0.717, 1.165) is 0 Å². The van der Waals surface area contributed by atoms with Gasteiger partial charge in [0.1, 0.15) is 0 Å². The molecule has 0 radical (unpaired) electrons. The lowest BCUT2D eigenvalue weighted by Gasteiger charge is -2.22. The lowest BCUT2D eigenvalue weighted by molar-refractivity contribution is -0.144. The molecule has 0 bridgehead atoms. The number of carbonyl (C=O) groups is 2. The van der Waals surface area contributed by atoms with E-state index in [4.69, 9.17) is 4.74 Å². The van der Waals surface area contributed by atoms with Gasteiger partial charge in [0.15, 0.2) is 0 Å². The SMILES string of the molecule is CCOC(=O)CN(C)CC(=O)N(CC)CC. The van der Waals surface area contributed by atoms with Crippen LogP contribution in [0.1, 0.15) is 20.8 Å². The van der Waals surface area contributed by atoms with Gasteiger partial charge in [-0.3, -0.25) is 14.5 Å². The van der Waals surface area contributed by atoms with Gasteiger partial charge in [-0.05, 0) is 27.8 Å². The Morgan fingerprint density at radius 3 is 2.06 bits per heavy atom. The van der Waals surface area contributed by atoms with Crippen LogP contribution in [0.25, 0.3) is 0 Å². The number of carbonyl (C=O) groups excluding carboxylic acids is 2. The summed E-state index contributed by atoms with van der Waals surface area (Å²) in [6, 6.07) is 0. The molecule has 0 saturated carbocycles. The van der Waals surface area contributed by atoms with Crippen LogP contribution >= 0.6 is 0 Å². The van der Waals surface area contributed by atoms with Gasteiger partial charge in [-0.2, -0.15) is 0 Å². The highest BCUT2D eigenvalue weighted by molar-refractivity contribution is 5.79. The van der Waals surface area contributed by atoms with Crippen LogP contribution in [0.3, 0.4) is 0 Å². The molecule has 0 aromatic heterocycles. The number of rotatable bonds is 7. The van der Waals surface area contributed by atoms with Gasteiger partial charge in [0, 0.05) is 13.1 Å². The highest BCUT2D eigenvalue weighted by Gasteiger charge is 2.14.